The molecule has 2 N–H and O–H groups in total. The van der Waals surface area contributed by atoms with Gasteiger partial charge < -0.3 is 20.3 Å². The fraction of sp³-hybridized carbons (Fsp3) is 0.263. The van der Waals surface area contributed by atoms with E-state index in [1.165, 1.54) is 0 Å². The summed E-state index contributed by atoms with van der Waals surface area (Å²) in [6, 6.07) is 12.5. The molecule has 3 amide bonds. The van der Waals surface area contributed by atoms with Gasteiger partial charge in [0.05, 0.1) is 6.61 Å². The van der Waals surface area contributed by atoms with Gasteiger partial charge in [0.25, 0.3) is 0 Å². The first-order valence-corrected chi connectivity index (χ1v) is 8.27. The lowest BCUT2D eigenvalue weighted by molar-refractivity contribution is -0.118. The number of rotatable bonds is 4. The second-order valence-electron chi connectivity index (χ2n) is 5.83. The number of aryl methyl sites for hydroxylation is 1. The predicted molar refractivity (Wildman–Crippen MR) is 98.4 cm³/mol. The minimum absolute atomic E-state index is 0.112. The van der Waals surface area contributed by atoms with Crippen LogP contribution >= 0.6 is 0 Å². The van der Waals surface area contributed by atoms with Crippen molar-refractivity contribution in [2.45, 2.75) is 19.8 Å². The molecule has 2 aromatic carbocycles. The Morgan fingerprint density at radius 1 is 1.08 bits per heavy atom. The molecule has 2 aromatic rings. The van der Waals surface area contributed by atoms with Crippen LogP contribution in [-0.4, -0.2) is 25.6 Å². The number of anilines is 3. The number of carbonyl (C=O) groups excluding carboxylic acids is 2. The molecule has 0 aromatic heterocycles. The van der Waals surface area contributed by atoms with Crippen molar-refractivity contribution in [3.63, 3.8) is 0 Å². The van der Waals surface area contributed by atoms with Crippen molar-refractivity contribution in [1.29, 1.82) is 0 Å². The number of nitrogens with one attached hydrogen (secondary N) is 2. The van der Waals surface area contributed by atoms with E-state index < -0.39 is 0 Å². The zero-order valence-electron chi connectivity index (χ0n) is 14.3. The van der Waals surface area contributed by atoms with Crippen molar-refractivity contribution < 1.29 is 14.3 Å². The zero-order chi connectivity index (χ0) is 17.8. The highest BCUT2D eigenvalue weighted by Gasteiger charge is 2.20. The molecular weight excluding hydrogens is 318 g/mol. The van der Waals surface area contributed by atoms with Crippen LogP contribution in [0, 0.1) is 0 Å². The summed E-state index contributed by atoms with van der Waals surface area (Å²) < 4.78 is 5.37. The first-order valence-electron chi connectivity index (χ1n) is 8.27. The van der Waals surface area contributed by atoms with Gasteiger partial charge >= 0.3 is 6.03 Å². The summed E-state index contributed by atoms with van der Waals surface area (Å²) in [4.78, 5) is 25.5. The molecule has 1 aliphatic rings. The van der Waals surface area contributed by atoms with Gasteiger partial charge in [-0.3, -0.25) is 4.79 Å². The molecule has 1 heterocycles. The number of amides is 3. The van der Waals surface area contributed by atoms with E-state index in [0.717, 1.165) is 17.0 Å². The summed E-state index contributed by atoms with van der Waals surface area (Å²) in [5, 5.41) is 5.61. The second-order valence-corrected chi connectivity index (χ2v) is 5.83. The molecule has 0 atom stereocenters. The number of ether oxygens (including phenoxy) is 1. The molecule has 0 saturated heterocycles. The molecule has 3 rings (SSSR count). The number of hydrogen-bond donors (Lipinski definition) is 2. The van der Waals surface area contributed by atoms with Gasteiger partial charge in [-0.15, -0.1) is 0 Å². The average Bonchev–Trinajstić information content (AvgIpc) is 2.60. The van der Waals surface area contributed by atoms with E-state index in [9.17, 15) is 9.59 Å². The molecule has 6 nitrogen and oxygen atoms in total. The Hall–Kier alpha value is -3.02. The summed E-state index contributed by atoms with van der Waals surface area (Å²) in [6.07, 6.45) is 1.18. The van der Waals surface area contributed by atoms with Crippen molar-refractivity contribution in [3.05, 3.63) is 48.0 Å². The Morgan fingerprint density at radius 2 is 1.76 bits per heavy atom. The molecular formula is C19H21N3O3. The molecule has 0 saturated carbocycles. The van der Waals surface area contributed by atoms with Crippen LogP contribution in [0.3, 0.4) is 0 Å². The smallest absolute Gasteiger partial charge is 0.323 e. The van der Waals surface area contributed by atoms with E-state index in [0.29, 0.717) is 30.8 Å². The molecule has 130 valence electrons. The molecule has 6 heteroatoms. The van der Waals surface area contributed by atoms with Crippen molar-refractivity contribution in [1.82, 2.24) is 0 Å². The Labute approximate surface area is 146 Å². The minimum atomic E-state index is -0.315. The SMILES string of the molecule is CCOc1ccc(NC(=O)Nc2ccc3c(c2)CCC(=O)N3C)cc1. The van der Waals surface area contributed by atoms with Crippen LogP contribution in [0.4, 0.5) is 21.9 Å². The topological polar surface area (TPSA) is 70.7 Å². The quantitative estimate of drug-likeness (QED) is 0.893. The molecule has 0 radical (unpaired) electrons. The lowest BCUT2D eigenvalue weighted by Gasteiger charge is -2.26. The summed E-state index contributed by atoms with van der Waals surface area (Å²) in [5.74, 6) is 0.878. The number of hydrogen-bond acceptors (Lipinski definition) is 3. The van der Waals surface area contributed by atoms with Crippen LogP contribution in [0.5, 0.6) is 5.75 Å². The first-order chi connectivity index (χ1) is 12.1. The molecule has 1 aliphatic heterocycles. The zero-order valence-corrected chi connectivity index (χ0v) is 14.3. The van der Waals surface area contributed by atoms with E-state index in [1.54, 1.807) is 30.1 Å². The fourth-order valence-electron chi connectivity index (χ4n) is 2.83. The molecule has 0 aliphatic carbocycles. The summed E-state index contributed by atoms with van der Waals surface area (Å²) in [6.45, 7) is 2.53. The lowest BCUT2D eigenvalue weighted by Crippen LogP contribution is -2.31. The first kappa shape index (κ1) is 16.8. The molecule has 0 bridgehead atoms. The molecule has 0 fully saturated rings. The highest BCUT2D eigenvalue weighted by molar-refractivity contribution is 6.01. The monoisotopic (exact) mass is 339 g/mol. The van der Waals surface area contributed by atoms with Gasteiger partial charge in [-0.05, 0) is 61.4 Å². The number of urea groups is 1. The van der Waals surface area contributed by atoms with Crippen LogP contribution in [-0.2, 0) is 11.2 Å². The average molecular weight is 339 g/mol. The van der Waals surface area contributed by atoms with Crippen molar-refractivity contribution in [2.75, 3.05) is 29.2 Å². The van der Waals surface area contributed by atoms with E-state index in [1.807, 2.05) is 31.2 Å². The number of fused-ring (bicyclic) bond motifs is 1. The minimum Gasteiger partial charge on any atom is -0.494 e. The van der Waals surface area contributed by atoms with Crippen molar-refractivity contribution in [2.24, 2.45) is 0 Å². The third-order valence-electron chi connectivity index (χ3n) is 4.10. The molecule has 0 spiro atoms. The van der Waals surface area contributed by atoms with E-state index in [-0.39, 0.29) is 11.9 Å². The summed E-state index contributed by atoms with van der Waals surface area (Å²) >= 11 is 0. The van der Waals surface area contributed by atoms with Gasteiger partial charge in [0.15, 0.2) is 0 Å². The third kappa shape index (κ3) is 3.91. The summed E-state index contributed by atoms with van der Waals surface area (Å²) in [5.41, 5.74) is 3.34. The second kappa shape index (κ2) is 7.25. The Bertz CT molecular complexity index is 787. The largest absolute Gasteiger partial charge is 0.494 e. The fourth-order valence-corrected chi connectivity index (χ4v) is 2.83. The number of carbonyl (C=O) groups is 2. The van der Waals surface area contributed by atoms with Crippen molar-refractivity contribution in [3.8, 4) is 5.75 Å². The van der Waals surface area contributed by atoms with Crippen LogP contribution in [0.15, 0.2) is 42.5 Å². The maximum atomic E-state index is 12.2. The number of nitrogens with zero attached hydrogens (tertiary/aromatic N) is 1. The highest BCUT2D eigenvalue weighted by atomic mass is 16.5. The lowest BCUT2D eigenvalue weighted by atomic mass is 10.0. The van der Waals surface area contributed by atoms with Crippen molar-refractivity contribution >= 4 is 29.0 Å². The maximum absolute atomic E-state index is 12.2. The normalized spacial score (nSPS) is 13.2. The van der Waals surface area contributed by atoms with Gasteiger partial charge in [-0.1, -0.05) is 0 Å². The van der Waals surface area contributed by atoms with E-state index in [4.69, 9.17) is 4.74 Å². The predicted octanol–water partition coefficient (Wildman–Crippen LogP) is 3.64. The van der Waals surface area contributed by atoms with E-state index in [2.05, 4.69) is 10.6 Å². The standard InChI is InChI=1S/C19H21N3O3/c1-3-25-16-8-5-14(6-9-16)20-19(24)21-15-7-10-17-13(12-15)4-11-18(23)22(17)2/h5-10,12H,3-4,11H2,1-2H3,(H2,20,21,24). The molecule has 25 heavy (non-hydrogen) atoms. The number of benzene rings is 2. The van der Waals surface area contributed by atoms with Crippen LogP contribution in [0.25, 0.3) is 0 Å². The Morgan fingerprint density at radius 3 is 2.48 bits per heavy atom. The van der Waals surface area contributed by atoms with Gasteiger partial charge in [0.1, 0.15) is 5.75 Å². The summed E-state index contributed by atoms with van der Waals surface area (Å²) in [7, 11) is 1.77. The van der Waals surface area contributed by atoms with Crippen LogP contribution < -0.4 is 20.3 Å². The third-order valence-corrected chi connectivity index (χ3v) is 4.10. The van der Waals surface area contributed by atoms with Gasteiger partial charge in [-0.2, -0.15) is 0 Å². The Kier molecular flexibility index (Phi) is 4.88. The van der Waals surface area contributed by atoms with Crippen LogP contribution in [0.1, 0.15) is 18.9 Å². The highest BCUT2D eigenvalue weighted by Crippen LogP contribution is 2.29. The van der Waals surface area contributed by atoms with E-state index >= 15 is 0 Å². The maximum Gasteiger partial charge on any atom is 0.323 e. The molecule has 0 unspecified atom stereocenters. The van der Waals surface area contributed by atoms with Gasteiger partial charge in [0, 0.05) is 30.5 Å². The van der Waals surface area contributed by atoms with Crippen LogP contribution in [0.2, 0.25) is 0 Å². The van der Waals surface area contributed by atoms with Gasteiger partial charge in [-0.25, -0.2) is 4.79 Å². The van der Waals surface area contributed by atoms with Gasteiger partial charge in [0.2, 0.25) is 5.91 Å². The Balaban J connectivity index is 1.64.